The molecule has 2 saturated heterocycles. The van der Waals surface area contributed by atoms with E-state index in [0.717, 1.165) is 0 Å². The summed E-state index contributed by atoms with van der Waals surface area (Å²) in [4.78, 5) is 25.1. The zero-order chi connectivity index (χ0) is 11.7. The van der Waals surface area contributed by atoms with Crippen LogP contribution in [0.25, 0.3) is 0 Å². The molecule has 2 N–H and O–H groups in total. The number of likely N-dealkylation sites (tertiary alicyclic amines) is 1. The van der Waals surface area contributed by atoms with Crippen LogP contribution in [-0.4, -0.2) is 55.2 Å². The first-order chi connectivity index (χ1) is 7.69. The van der Waals surface area contributed by atoms with E-state index in [1.165, 1.54) is 12.0 Å². The van der Waals surface area contributed by atoms with E-state index in [4.69, 9.17) is 15.2 Å². The van der Waals surface area contributed by atoms with Crippen molar-refractivity contribution in [2.45, 2.75) is 31.1 Å². The number of morpholine rings is 1. The molecule has 3 atom stereocenters. The number of fused-ring (bicyclic) bond motifs is 2. The van der Waals surface area contributed by atoms with Gasteiger partial charge in [-0.1, -0.05) is 0 Å². The molecule has 0 aromatic carbocycles. The van der Waals surface area contributed by atoms with Gasteiger partial charge in [-0.15, -0.1) is 0 Å². The first-order valence-electron chi connectivity index (χ1n) is 5.40. The number of carbonyl (C=O) groups excluding carboxylic acids is 2. The van der Waals surface area contributed by atoms with E-state index in [1.807, 2.05) is 0 Å². The maximum absolute atomic E-state index is 11.9. The summed E-state index contributed by atoms with van der Waals surface area (Å²) in [6, 6.07) is -0.378. The smallest absolute Gasteiger partial charge is 0.258 e. The van der Waals surface area contributed by atoms with Gasteiger partial charge in [0.2, 0.25) is 0 Å². The molecule has 2 bridgehead atoms. The van der Waals surface area contributed by atoms with Gasteiger partial charge < -0.3 is 15.2 Å². The van der Waals surface area contributed by atoms with Gasteiger partial charge in [0.05, 0.1) is 12.6 Å². The molecule has 0 radical (unpaired) electrons. The number of nitrogens with zero attached hydrogens (tertiary/aromatic N) is 1. The normalized spacial score (nSPS) is 31.0. The molecule has 0 spiro atoms. The Hall–Kier alpha value is -0.980. The number of amides is 2. The highest BCUT2D eigenvalue weighted by molar-refractivity contribution is 6.02. The lowest BCUT2D eigenvalue weighted by atomic mass is 10.2. The van der Waals surface area contributed by atoms with Crippen LogP contribution in [0.4, 0.5) is 0 Å². The number of hydrogen-bond acceptors (Lipinski definition) is 5. The summed E-state index contributed by atoms with van der Waals surface area (Å²) < 4.78 is 10.3. The first kappa shape index (κ1) is 11.5. The van der Waals surface area contributed by atoms with Crippen LogP contribution in [0.2, 0.25) is 0 Å². The zero-order valence-corrected chi connectivity index (χ0v) is 9.22. The Balaban J connectivity index is 2.18. The third kappa shape index (κ3) is 1.73. The topological polar surface area (TPSA) is 81.9 Å². The molecule has 3 unspecified atom stereocenters. The van der Waals surface area contributed by atoms with Crippen molar-refractivity contribution in [2.24, 2.45) is 5.73 Å². The molecule has 2 rings (SSSR count). The molecule has 2 heterocycles. The summed E-state index contributed by atoms with van der Waals surface area (Å²) >= 11 is 0. The molecule has 0 aromatic rings. The second kappa shape index (κ2) is 4.48. The quantitative estimate of drug-likeness (QED) is 0.616. The van der Waals surface area contributed by atoms with Gasteiger partial charge in [0, 0.05) is 13.7 Å². The Labute approximate surface area is 93.7 Å². The molecule has 6 nitrogen and oxygen atoms in total. The highest BCUT2D eigenvalue weighted by Crippen LogP contribution is 2.29. The monoisotopic (exact) mass is 228 g/mol. The number of methoxy groups -OCH3 is 1. The van der Waals surface area contributed by atoms with Crippen LogP contribution < -0.4 is 5.73 Å². The van der Waals surface area contributed by atoms with E-state index < -0.39 is 12.2 Å². The molecule has 2 fully saturated rings. The fraction of sp³-hybridized carbons (Fsp3) is 0.800. The van der Waals surface area contributed by atoms with Crippen LogP contribution in [0, 0.1) is 0 Å². The molecule has 0 saturated carbocycles. The molecule has 0 aliphatic carbocycles. The second-order valence-electron chi connectivity index (χ2n) is 4.08. The van der Waals surface area contributed by atoms with Crippen LogP contribution in [0.5, 0.6) is 0 Å². The zero-order valence-electron chi connectivity index (χ0n) is 9.22. The lowest BCUT2D eigenvalue weighted by Crippen LogP contribution is -2.58. The predicted octanol–water partition coefficient (Wildman–Crippen LogP) is -1.12. The molecule has 90 valence electrons. The Morgan fingerprint density at radius 3 is 2.44 bits per heavy atom. The van der Waals surface area contributed by atoms with E-state index in [1.54, 1.807) is 0 Å². The van der Waals surface area contributed by atoms with Crippen LogP contribution >= 0.6 is 0 Å². The van der Waals surface area contributed by atoms with Gasteiger partial charge in [-0.25, -0.2) is 0 Å². The Bertz CT molecular complexity index is 285. The standard InChI is InChI=1S/C10H16N2O4/c1-15-5-6(4-11)12-9(13)7-2-3-8(16-7)10(12)14/h6-8H,2-5,11H2,1H3. The van der Waals surface area contributed by atoms with Crippen molar-refractivity contribution in [1.29, 1.82) is 0 Å². The lowest BCUT2D eigenvalue weighted by molar-refractivity contribution is -0.172. The van der Waals surface area contributed by atoms with E-state index in [9.17, 15) is 9.59 Å². The van der Waals surface area contributed by atoms with Crippen molar-refractivity contribution in [2.75, 3.05) is 20.3 Å². The number of imide groups is 1. The average Bonchev–Trinajstić information content (AvgIpc) is 2.72. The second-order valence-corrected chi connectivity index (χ2v) is 4.08. The maximum Gasteiger partial charge on any atom is 0.258 e. The van der Waals surface area contributed by atoms with E-state index in [0.29, 0.717) is 12.8 Å². The molecule has 0 aromatic heterocycles. The molecular weight excluding hydrogens is 212 g/mol. The first-order valence-corrected chi connectivity index (χ1v) is 5.40. The van der Waals surface area contributed by atoms with Crippen molar-refractivity contribution in [3.63, 3.8) is 0 Å². The van der Waals surface area contributed by atoms with E-state index in [2.05, 4.69) is 0 Å². The van der Waals surface area contributed by atoms with Gasteiger partial charge in [-0.05, 0) is 12.8 Å². The minimum absolute atomic E-state index is 0.213. The summed E-state index contributed by atoms with van der Waals surface area (Å²) in [5, 5.41) is 0. The van der Waals surface area contributed by atoms with Crippen molar-refractivity contribution in [3.05, 3.63) is 0 Å². The highest BCUT2D eigenvalue weighted by Gasteiger charge is 2.48. The van der Waals surface area contributed by atoms with Crippen LogP contribution in [0.15, 0.2) is 0 Å². The highest BCUT2D eigenvalue weighted by atomic mass is 16.5. The molecule has 2 amide bonds. The van der Waals surface area contributed by atoms with Crippen molar-refractivity contribution >= 4 is 11.8 Å². The SMILES string of the molecule is COCC(CN)N1C(=O)C2CCC(O2)C1=O. The van der Waals surface area contributed by atoms with Crippen molar-refractivity contribution in [1.82, 2.24) is 4.90 Å². The third-order valence-corrected chi connectivity index (χ3v) is 3.04. The minimum Gasteiger partial charge on any atom is -0.382 e. The molecule has 16 heavy (non-hydrogen) atoms. The third-order valence-electron chi connectivity index (χ3n) is 3.04. The summed E-state index contributed by atoms with van der Waals surface area (Å²) in [5.41, 5.74) is 5.56. The van der Waals surface area contributed by atoms with Gasteiger partial charge in [0.15, 0.2) is 0 Å². The fourth-order valence-electron chi connectivity index (χ4n) is 2.22. The van der Waals surface area contributed by atoms with Gasteiger partial charge in [-0.3, -0.25) is 14.5 Å². The number of ether oxygens (including phenoxy) is 2. The largest absolute Gasteiger partial charge is 0.382 e. The Kier molecular flexibility index (Phi) is 3.22. The molecule has 6 heteroatoms. The number of nitrogens with two attached hydrogens (primary N) is 1. The van der Waals surface area contributed by atoms with Gasteiger partial charge in [-0.2, -0.15) is 0 Å². The summed E-state index contributed by atoms with van der Waals surface area (Å²) in [5.74, 6) is -0.544. The Morgan fingerprint density at radius 2 is 2.00 bits per heavy atom. The van der Waals surface area contributed by atoms with Gasteiger partial charge in [0.25, 0.3) is 11.8 Å². The van der Waals surface area contributed by atoms with E-state index in [-0.39, 0.29) is 31.0 Å². The number of carbonyl (C=O) groups is 2. The minimum atomic E-state index is -0.464. The van der Waals surface area contributed by atoms with Gasteiger partial charge in [0.1, 0.15) is 12.2 Å². The van der Waals surface area contributed by atoms with Crippen molar-refractivity contribution < 1.29 is 19.1 Å². The maximum atomic E-state index is 11.9. The lowest BCUT2D eigenvalue weighted by Gasteiger charge is -2.35. The summed E-state index contributed by atoms with van der Waals surface area (Å²) in [7, 11) is 1.52. The van der Waals surface area contributed by atoms with Crippen LogP contribution in [-0.2, 0) is 19.1 Å². The van der Waals surface area contributed by atoms with Crippen LogP contribution in [0.3, 0.4) is 0 Å². The summed E-state index contributed by atoms with van der Waals surface area (Å²) in [6.45, 7) is 0.484. The molecule has 2 aliphatic rings. The van der Waals surface area contributed by atoms with Crippen molar-refractivity contribution in [3.8, 4) is 0 Å². The predicted molar refractivity (Wildman–Crippen MR) is 54.5 cm³/mol. The number of rotatable bonds is 4. The summed E-state index contributed by atoms with van der Waals surface area (Å²) in [6.07, 6.45) is 0.314. The Morgan fingerprint density at radius 1 is 1.44 bits per heavy atom. The molecular formula is C10H16N2O4. The number of hydrogen-bond donors (Lipinski definition) is 1. The fourth-order valence-corrected chi connectivity index (χ4v) is 2.22. The van der Waals surface area contributed by atoms with Gasteiger partial charge >= 0.3 is 0 Å². The van der Waals surface area contributed by atoms with Crippen LogP contribution in [0.1, 0.15) is 12.8 Å². The van der Waals surface area contributed by atoms with E-state index >= 15 is 0 Å². The molecule has 2 aliphatic heterocycles. The average molecular weight is 228 g/mol.